The molecule has 8 nitrogen and oxygen atoms in total. The van der Waals surface area contributed by atoms with Crippen LogP contribution in [0.2, 0.25) is 0 Å². The normalized spacial score (nSPS) is 12.7. The highest BCUT2D eigenvalue weighted by Gasteiger charge is 2.18. The summed E-state index contributed by atoms with van der Waals surface area (Å²) in [5.41, 5.74) is -0.0631. The second-order valence-corrected chi connectivity index (χ2v) is 10.5. The summed E-state index contributed by atoms with van der Waals surface area (Å²) in [6, 6.07) is 7.54. The van der Waals surface area contributed by atoms with Crippen molar-refractivity contribution in [3.63, 3.8) is 0 Å². The lowest BCUT2D eigenvalue weighted by molar-refractivity contribution is -0.160. The Morgan fingerprint density at radius 2 is 1.46 bits per heavy atom. The topological polar surface area (TPSA) is 92.3 Å². The summed E-state index contributed by atoms with van der Waals surface area (Å²) in [7, 11) is 0. The van der Waals surface area contributed by atoms with Crippen LogP contribution >= 0.6 is 0 Å². The third kappa shape index (κ3) is 16.9. The van der Waals surface area contributed by atoms with Crippen LogP contribution < -0.4 is 10.1 Å². The molecule has 1 aromatic carbocycles. The second kappa shape index (κ2) is 15.6. The van der Waals surface area contributed by atoms with Crippen molar-refractivity contribution in [3.05, 3.63) is 29.8 Å². The molecule has 1 rings (SSSR count). The molecule has 0 spiro atoms. The molecule has 0 aliphatic heterocycles. The highest BCUT2D eigenvalue weighted by Crippen LogP contribution is 2.20. The van der Waals surface area contributed by atoms with Crippen LogP contribution in [0, 0.1) is 0 Å². The molecule has 0 aromatic heterocycles. The number of rotatable bonds is 15. The van der Waals surface area contributed by atoms with E-state index in [1.54, 1.807) is 0 Å². The minimum atomic E-state index is -0.530. The van der Waals surface area contributed by atoms with E-state index in [0.29, 0.717) is 26.4 Å². The zero-order chi connectivity index (χ0) is 26.3. The van der Waals surface area contributed by atoms with E-state index in [-0.39, 0.29) is 18.6 Å². The average molecular weight is 496 g/mol. The number of hydrogen-bond acceptors (Lipinski definition) is 7. The Bertz CT molecular complexity index is 753. The Hall–Kier alpha value is -2.32. The van der Waals surface area contributed by atoms with E-state index in [1.165, 1.54) is 0 Å². The molecule has 8 heteroatoms. The van der Waals surface area contributed by atoms with Gasteiger partial charge in [-0.2, -0.15) is 0 Å². The van der Waals surface area contributed by atoms with Gasteiger partial charge < -0.3 is 29.0 Å². The predicted octanol–water partition coefficient (Wildman–Crippen LogP) is 5.59. The third-order valence-corrected chi connectivity index (χ3v) is 4.51. The lowest BCUT2D eigenvalue weighted by Gasteiger charge is -2.22. The van der Waals surface area contributed by atoms with Crippen molar-refractivity contribution in [1.29, 1.82) is 0 Å². The first-order chi connectivity index (χ1) is 16.4. The van der Waals surface area contributed by atoms with Crippen LogP contribution in [0.3, 0.4) is 0 Å². The zero-order valence-electron chi connectivity index (χ0n) is 22.6. The number of ether oxygens (including phenoxy) is 5. The van der Waals surface area contributed by atoms with Gasteiger partial charge in [0, 0.05) is 19.8 Å². The molecule has 0 saturated carbocycles. The summed E-state index contributed by atoms with van der Waals surface area (Å²) >= 11 is 0. The summed E-state index contributed by atoms with van der Waals surface area (Å²) in [6.45, 7) is 15.3. The van der Waals surface area contributed by atoms with E-state index in [1.807, 2.05) is 72.7 Å². The molecule has 1 aromatic rings. The minimum Gasteiger partial charge on any atom is -0.494 e. The van der Waals surface area contributed by atoms with Crippen LogP contribution in [0.25, 0.3) is 0 Å². The number of unbranched alkanes of at least 4 members (excludes halogenated alkanes) is 2. The maximum atomic E-state index is 12.0. The smallest absolute Gasteiger partial charge is 0.408 e. The Morgan fingerprint density at radius 3 is 2.14 bits per heavy atom. The molecule has 1 N–H and O–H groups in total. The van der Waals surface area contributed by atoms with Gasteiger partial charge in [0.2, 0.25) is 0 Å². The van der Waals surface area contributed by atoms with E-state index in [9.17, 15) is 9.59 Å². The van der Waals surface area contributed by atoms with Gasteiger partial charge >= 0.3 is 12.1 Å². The lowest BCUT2D eigenvalue weighted by Crippen LogP contribution is -2.34. The van der Waals surface area contributed by atoms with E-state index in [0.717, 1.165) is 37.0 Å². The summed E-state index contributed by atoms with van der Waals surface area (Å²) in [5, 5.41) is 2.85. The predicted molar refractivity (Wildman–Crippen MR) is 136 cm³/mol. The number of alkyl carbamates (subject to hydrolysis) is 1. The number of carbonyl (C=O) groups is 2. The van der Waals surface area contributed by atoms with E-state index in [2.05, 4.69) is 5.32 Å². The first-order valence-electron chi connectivity index (χ1n) is 12.5. The van der Waals surface area contributed by atoms with Crippen LogP contribution in [-0.2, 0) is 23.7 Å². The molecule has 0 saturated heterocycles. The molecular weight excluding hydrogens is 450 g/mol. The van der Waals surface area contributed by atoms with Gasteiger partial charge in [-0.25, -0.2) is 9.59 Å². The minimum absolute atomic E-state index is 0.0284. The standard InChI is InChI=1S/C27H45NO7/c1-21(28-25(30)35-27(5,6)7)22-13-11-14-23(19-22)33-18-10-8-9-15-31-16-12-17-32-20-24(29)34-26(2,3)4/h11,13-14,19,21H,8-10,12,15-18,20H2,1-7H3,(H,28,30)/t21-/m0/s1. The third-order valence-electron chi connectivity index (χ3n) is 4.51. The fraction of sp³-hybridized carbons (Fsp3) is 0.704. The van der Waals surface area contributed by atoms with Gasteiger partial charge in [0.15, 0.2) is 0 Å². The summed E-state index contributed by atoms with van der Waals surface area (Å²) in [4.78, 5) is 23.5. The summed E-state index contributed by atoms with van der Waals surface area (Å²) < 4.78 is 27.3. The van der Waals surface area contributed by atoms with Crippen LogP contribution in [0.4, 0.5) is 4.79 Å². The highest BCUT2D eigenvalue weighted by molar-refractivity contribution is 5.71. The van der Waals surface area contributed by atoms with Gasteiger partial charge in [-0.3, -0.25) is 0 Å². The summed E-state index contributed by atoms with van der Waals surface area (Å²) in [6.07, 6.45) is 3.19. The van der Waals surface area contributed by atoms with Crippen LogP contribution in [0.1, 0.15) is 85.8 Å². The maximum absolute atomic E-state index is 12.0. The van der Waals surface area contributed by atoms with Gasteiger partial charge in [-0.05, 0) is 91.8 Å². The van der Waals surface area contributed by atoms with Crippen molar-refractivity contribution >= 4 is 12.1 Å². The lowest BCUT2D eigenvalue weighted by atomic mass is 10.1. The van der Waals surface area contributed by atoms with Gasteiger partial charge in [-0.1, -0.05) is 12.1 Å². The molecule has 1 amide bonds. The Balaban J connectivity index is 2.09. The van der Waals surface area contributed by atoms with E-state index >= 15 is 0 Å². The summed E-state index contributed by atoms with van der Waals surface area (Å²) in [5.74, 6) is 0.433. The van der Waals surface area contributed by atoms with Crippen LogP contribution in [0.15, 0.2) is 24.3 Å². The molecule has 0 unspecified atom stereocenters. The quantitative estimate of drug-likeness (QED) is 0.251. The van der Waals surface area contributed by atoms with Crippen molar-refractivity contribution in [2.24, 2.45) is 0 Å². The molecule has 0 radical (unpaired) electrons. The Kier molecular flexibility index (Phi) is 13.7. The number of nitrogens with one attached hydrogen (secondary N) is 1. The number of esters is 1. The van der Waals surface area contributed by atoms with Gasteiger partial charge in [0.05, 0.1) is 12.6 Å². The van der Waals surface area contributed by atoms with Crippen molar-refractivity contribution in [2.75, 3.05) is 33.0 Å². The molecule has 0 bridgehead atoms. The number of benzene rings is 1. The molecule has 0 heterocycles. The van der Waals surface area contributed by atoms with Crippen molar-refractivity contribution in [1.82, 2.24) is 5.32 Å². The van der Waals surface area contributed by atoms with Gasteiger partial charge in [-0.15, -0.1) is 0 Å². The molecule has 1 atom stereocenters. The number of amides is 1. The van der Waals surface area contributed by atoms with Crippen molar-refractivity contribution < 1.29 is 33.3 Å². The monoisotopic (exact) mass is 495 g/mol. The average Bonchev–Trinajstić information content (AvgIpc) is 2.72. The van der Waals surface area contributed by atoms with Gasteiger partial charge in [0.25, 0.3) is 0 Å². The fourth-order valence-corrected chi connectivity index (χ4v) is 3.01. The zero-order valence-corrected chi connectivity index (χ0v) is 22.6. The molecule has 0 fully saturated rings. The molecule has 0 aliphatic carbocycles. The SMILES string of the molecule is C[C@H](NC(=O)OC(C)(C)C)c1cccc(OCCCCCOCCCOCC(=O)OC(C)(C)C)c1. The molecule has 200 valence electrons. The highest BCUT2D eigenvalue weighted by atomic mass is 16.6. The van der Waals surface area contributed by atoms with Crippen LogP contribution in [-0.4, -0.2) is 56.3 Å². The maximum Gasteiger partial charge on any atom is 0.408 e. The van der Waals surface area contributed by atoms with Crippen LogP contribution in [0.5, 0.6) is 5.75 Å². The molecular formula is C27H45NO7. The Morgan fingerprint density at radius 1 is 0.829 bits per heavy atom. The van der Waals surface area contributed by atoms with Gasteiger partial charge in [0.1, 0.15) is 23.6 Å². The molecule has 35 heavy (non-hydrogen) atoms. The Labute approximate surface area is 211 Å². The number of hydrogen-bond donors (Lipinski definition) is 1. The first kappa shape index (κ1) is 30.7. The molecule has 0 aliphatic rings. The van der Waals surface area contributed by atoms with E-state index in [4.69, 9.17) is 23.7 Å². The van der Waals surface area contributed by atoms with E-state index < -0.39 is 17.3 Å². The first-order valence-corrected chi connectivity index (χ1v) is 12.5. The van der Waals surface area contributed by atoms with Crippen molar-refractivity contribution in [2.45, 2.75) is 91.4 Å². The number of carbonyl (C=O) groups excluding carboxylic acids is 2. The second-order valence-electron chi connectivity index (χ2n) is 10.5. The fourth-order valence-electron chi connectivity index (χ4n) is 3.01. The largest absolute Gasteiger partial charge is 0.494 e. The van der Waals surface area contributed by atoms with Crippen molar-refractivity contribution in [3.8, 4) is 5.75 Å².